The summed E-state index contributed by atoms with van der Waals surface area (Å²) < 4.78 is 5.21. The lowest BCUT2D eigenvalue weighted by atomic mass is 9.88. The highest BCUT2D eigenvalue weighted by Crippen LogP contribution is 2.34. The Labute approximate surface area is 244 Å². The van der Waals surface area contributed by atoms with Crippen molar-refractivity contribution >= 4 is 35.0 Å². The molecule has 0 heterocycles. The molecule has 0 aromatic heterocycles. The average molecular weight is 550 g/mol. The first kappa shape index (κ1) is 29.6. The van der Waals surface area contributed by atoms with Gasteiger partial charge in [-0.05, 0) is 79.3 Å². The van der Waals surface area contributed by atoms with E-state index >= 15 is 0 Å². The highest BCUT2D eigenvalue weighted by Gasteiger charge is 2.27. The molecule has 4 rings (SSSR count). The highest BCUT2D eigenvalue weighted by atomic mass is 16.5. The molecular formula is C35H39N3O3. The van der Waals surface area contributed by atoms with Gasteiger partial charge in [-0.3, -0.25) is 4.79 Å². The molecule has 1 saturated carbocycles. The van der Waals surface area contributed by atoms with Gasteiger partial charge in [-0.1, -0.05) is 61.7 Å². The Morgan fingerprint density at radius 2 is 1.71 bits per heavy atom. The second-order valence-corrected chi connectivity index (χ2v) is 11.1. The minimum absolute atomic E-state index is 0.0150. The quantitative estimate of drug-likeness (QED) is 0.154. The van der Waals surface area contributed by atoms with Crippen LogP contribution in [-0.2, 0) is 20.9 Å². The summed E-state index contributed by atoms with van der Waals surface area (Å²) in [5, 5.41) is 0. The van der Waals surface area contributed by atoms with Crippen LogP contribution in [0.15, 0.2) is 72.8 Å². The van der Waals surface area contributed by atoms with Crippen molar-refractivity contribution < 1.29 is 14.3 Å². The van der Waals surface area contributed by atoms with E-state index in [-0.39, 0.29) is 17.9 Å². The number of benzene rings is 3. The Morgan fingerprint density at radius 3 is 2.37 bits per heavy atom. The molecule has 6 nitrogen and oxygen atoms in total. The average Bonchev–Trinajstić information content (AvgIpc) is 2.98. The zero-order valence-electron chi connectivity index (χ0n) is 24.5. The molecule has 1 aliphatic rings. The summed E-state index contributed by atoms with van der Waals surface area (Å²) >= 11 is 0. The third-order valence-electron chi connectivity index (χ3n) is 7.38. The lowest BCUT2D eigenvalue weighted by Crippen LogP contribution is -2.36. The van der Waals surface area contributed by atoms with Crippen LogP contribution in [0.2, 0.25) is 0 Å². The molecule has 212 valence electrons. The molecule has 0 spiro atoms. The molecular weight excluding hydrogens is 510 g/mol. The van der Waals surface area contributed by atoms with Crippen LogP contribution in [0.25, 0.3) is 22.0 Å². The molecule has 6 heteroatoms. The molecule has 3 aromatic rings. The van der Waals surface area contributed by atoms with Crippen molar-refractivity contribution in [1.29, 1.82) is 0 Å². The SMILES string of the molecule is [C-]#[N+]c1cc(CN(C(=O)C2CCCCC2)c2cccc(/C=C/C(=O)OC(C)C)c2)ccc1-c1ccc(N(C)C)cc1. The van der Waals surface area contributed by atoms with Crippen LogP contribution in [0.1, 0.15) is 57.1 Å². The predicted molar refractivity (Wildman–Crippen MR) is 167 cm³/mol. The fourth-order valence-electron chi connectivity index (χ4n) is 5.23. The summed E-state index contributed by atoms with van der Waals surface area (Å²) in [5.74, 6) is -0.305. The molecule has 1 fully saturated rings. The molecule has 0 bridgehead atoms. The zero-order valence-corrected chi connectivity index (χ0v) is 24.5. The van der Waals surface area contributed by atoms with Gasteiger partial charge in [-0.15, -0.1) is 0 Å². The normalized spacial score (nSPS) is 13.7. The summed E-state index contributed by atoms with van der Waals surface area (Å²) in [6.45, 7) is 11.9. The molecule has 0 radical (unpaired) electrons. The molecule has 0 saturated heterocycles. The van der Waals surface area contributed by atoms with E-state index in [2.05, 4.69) is 4.85 Å². The van der Waals surface area contributed by atoms with Crippen molar-refractivity contribution in [3.05, 3.63) is 95.4 Å². The molecule has 3 aromatic carbocycles. The van der Waals surface area contributed by atoms with E-state index in [4.69, 9.17) is 11.3 Å². The minimum Gasteiger partial charge on any atom is -0.460 e. The summed E-state index contributed by atoms with van der Waals surface area (Å²) in [6.07, 6.45) is 8.02. The lowest BCUT2D eigenvalue weighted by molar-refractivity contribution is -0.141. The van der Waals surface area contributed by atoms with E-state index in [0.29, 0.717) is 12.2 Å². The van der Waals surface area contributed by atoms with Crippen LogP contribution in [0.5, 0.6) is 0 Å². The van der Waals surface area contributed by atoms with Crippen molar-refractivity contribution in [2.75, 3.05) is 23.9 Å². The minimum atomic E-state index is -0.399. The van der Waals surface area contributed by atoms with E-state index in [1.807, 2.05) is 104 Å². The largest absolute Gasteiger partial charge is 0.460 e. The summed E-state index contributed by atoms with van der Waals surface area (Å²) in [7, 11) is 4.00. The number of esters is 1. The van der Waals surface area contributed by atoms with Crippen molar-refractivity contribution in [1.82, 2.24) is 0 Å². The Bertz CT molecular complexity index is 1430. The fraction of sp³-hybridized carbons (Fsp3) is 0.343. The smallest absolute Gasteiger partial charge is 0.331 e. The molecule has 0 atom stereocenters. The third-order valence-corrected chi connectivity index (χ3v) is 7.38. The van der Waals surface area contributed by atoms with Gasteiger partial charge >= 0.3 is 5.97 Å². The van der Waals surface area contributed by atoms with Gasteiger partial charge in [0.15, 0.2) is 5.69 Å². The second kappa shape index (κ2) is 13.8. The molecule has 0 N–H and O–H groups in total. The maximum Gasteiger partial charge on any atom is 0.331 e. The number of anilines is 2. The summed E-state index contributed by atoms with van der Waals surface area (Å²) in [6, 6.07) is 21.7. The fourth-order valence-corrected chi connectivity index (χ4v) is 5.23. The third kappa shape index (κ3) is 7.85. The van der Waals surface area contributed by atoms with Gasteiger partial charge in [0.1, 0.15) is 0 Å². The second-order valence-electron chi connectivity index (χ2n) is 11.1. The van der Waals surface area contributed by atoms with Crippen molar-refractivity contribution in [2.24, 2.45) is 5.92 Å². The van der Waals surface area contributed by atoms with Gasteiger partial charge in [-0.25, -0.2) is 9.64 Å². The molecule has 1 aliphatic carbocycles. The standard InChI is InChI=1S/C35H39N3O3/c1-25(2)41-34(39)21-15-26-10-9-13-31(22-26)38(35(40)29-11-7-6-8-12-29)24-27-14-20-32(33(23-27)36-3)28-16-18-30(19-17-28)37(4)5/h9-10,13-23,25,29H,6-8,11-12,24H2,1-2,4-5H3/b21-15+. The molecule has 0 aliphatic heterocycles. The number of hydrogen-bond donors (Lipinski definition) is 0. The van der Waals surface area contributed by atoms with Gasteiger partial charge in [0.25, 0.3) is 0 Å². The topological polar surface area (TPSA) is 54.2 Å². The maximum atomic E-state index is 13.9. The maximum absolute atomic E-state index is 13.9. The van der Waals surface area contributed by atoms with Gasteiger partial charge in [0, 0.05) is 44.0 Å². The number of carbonyl (C=O) groups excluding carboxylic acids is 2. The number of nitrogens with zero attached hydrogens (tertiary/aromatic N) is 3. The van der Waals surface area contributed by atoms with Crippen molar-refractivity contribution in [3.8, 4) is 11.1 Å². The number of carbonyl (C=O) groups is 2. The van der Waals surface area contributed by atoms with Crippen LogP contribution in [0.3, 0.4) is 0 Å². The van der Waals surface area contributed by atoms with Crippen molar-refractivity contribution in [2.45, 2.75) is 58.6 Å². The van der Waals surface area contributed by atoms with E-state index in [0.717, 1.165) is 59.3 Å². The van der Waals surface area contributed by atoms with Gasteiger partial charge < -0.3 is 14.5 Å². The Hall–Kier alpha value is -4.37. The first-order valence-corrected chi connectivity index (χ1v) is 14.3. The first-order valence-electron chi connectivity index (χ1n) is 14.3. The Balaban J connectivity index is 1.64. The van der Waals surface area contributed by atoms with Gasteiger partial charge in [0.05, 0.1) is 12.7 Å². The number of ether oxygens (including phenoxy) is 1. The monoisotopic (exact) mass is 549 g/mol. The van der Waals surface area contributed by atoms with Gasteiger partial charge in [0.2, 0.25) is 5.91 Å². The summed E-state index contributed by atoms with van der Waals surface area (Å²) in [4.78, 5) is 33.7. The Morgan fingerprint density at radius 1 is 0.976 bits per heavy atom. The first-order chi connectivity index (χ1) is 19.7. The number of amides is 1. The Kier molecular flexibility index (Phi) is 9.97. The number of rotatable bonds is 9. The van der Waals surface area contributed by atoms with Crippen LogP contribution in [-0.4, -0.2) is 32.1 Å². The van der Waals surface area contributed by atoms with E-state index in [9.17, 15) is 9.59 Å². The summed E-state index contributed by atoms with van der Waals surface area (Å²) in [5.41, 5.74) is 6.00. The van der Waals surface area contributed by atoms with Crippen LogP contribution in [0.4, 0.5) is 17.1 Å². The van der Waals surface area contributed by atoms with Crippen LogP contribution >= 0.6 is 0 Å². The molecule has 1 amide bonds. The number of hydrogen-bond acceptors (Lipinski definition) is 4. The molecule has 0 unspecified atom stereocenters. The zero-order chi connectivity index (χ0) is 29.4. The highest BCUT2D eigenvalue weighted by molar-refractivity contribution is 5.96. The van der Waals surface area contributed by atoms with E-state index < -0.39 is 5.97 Å². The van der Waals surface area contributed by atoms with Gasteiger partial charge in [-0.2, -0.15) is 0 Å². The van der Waals surface area contributed by atoms with E-state index in [1.165, 1.54) is 12.5 Å². The van der Waals surface area contributed by atoms with E-state index in [1.54, 1.807) is 6.08 Å². The lowest BCUT2D eigenvalue weighted by Gasteiger charge is -2.30. The van der Waals surface area contributed by atoms with Crippen molar-refractivity contribution in [3.63, 3.8) is 0 Å². The van der Waals surface area contributed by atoms with Crippen LogP contribution < -0.4 is 9.80 Å². The van der Waals surface area contributed by atoms with Crippen LogP contribution in [0, 0.1) is 12.5 Å². The predicted octanol–water partition coefficient (Wildman–Crippen LogP) is 8.05. The molecule has 41 heavy (non-hydrogen) atoms.